The minimum Gasteiger partial charge on any atom is -0.508 e. The van der Waals surface area contributed by atoms with E-state index in [-0.39, 0.29) is 33.6 Å². The van der Waals surface area contributed by atoms with E-state index in [0.29, 0.717) is 5.56 Å². The zero-order chi connectivity index (χ0) is 37.6. The van der Waals surface area contributed by atoms with Crippen LogP contribution in [0.4, 0.5) is 0 Å². The maximum atomic E-state index is 13.7. The van der Waals surface area contributed by atoms with E-state index in [0.717, 1.165) is 6.26 Å². The molecule has 1 aromatic heterocycles. The van der Waals surface area contributed by atoms with Gasteiger partial charge in [0, 0.05) is 0 Å². The minimum atomic E-state index is -1.96. The van der Waals surface area contributed by atoms with Crippen LogP contribution in [0, 0.1) is 0 Å². The Morgan fingerprint density at radius 1 is 0.615 bits per heavy atom. The predicted octanol–water partition coefficient (Wildman–Crippen LogP) is -4.32. The number of aliphatic hydroxyl groups is 11. The van der Waals surface area contributed by atoms with Crippen molar-refractivity contribution < 1.29 is 89.4 Å². The first kappa shape index (κ1) is 38.4. The third-order valence-corrected chi connectivity index (χ3v) is 9.48. The average Bonchev–Trinajstić information content (AvgIpc) is 3.14. The van der Waals surface area contributed by atoms with Gasteiger partial charge in [-0.15, -0.1) is 0 Å². The highest BCUT2D eigenvalue weighted by Gasteiger charge is 2.50. The van der Waals surface area contributed by atoms with Crippen molar-refractivity contribution in [2.24, 2.45) is 0 Å². The normalized spacial score (nSPS) is 38.3. The van der Waals surface area contributed by atoms with Gasteiger partial charge in [-0.3, -0.25) is 4.79 Å². The molecule has 0 aliphatic carbocycles. The number of ether oxygens (including phenoxy) is 5. The maximum Gasteiger partial charge on any atom is 0.229 e. The molecule has 6 rings (SSSR count). The van der Waals surface area contributed by atoms with Crippen LogP contribution >= 0.6 is 0 Å². The van der Waals surface area contributed by atoms with Gasteiger partial charge in [0.2, 0.25) is 11.7 Å². The summed E-state index contributed by atoms with van der Waals surface area (Å²) in [6.45, 7) is -2.21. The Bertz CT molecular complexity index is 1730. The molecule has 19 heteroatoms. The van der Waals surface area contributed by atoms with Crippen LogP contribution in [0.2, 0.25) is 0 Å². The second-order valence-corrected chi connectivity index (χ2v) is 12.8. The Labute approximate surface area is 293 Å². The molecule has 12 N–H and O–H groups in total. The number of hydrogen-bond donors (Lipinski definition) is 12. The minimum absolute atomic E-state index is 0.0481. The smallest absolute Gasteiger partial charge is 0.229 e. The van der Waals surface area contributed by atoms with Crippen molar-refractivity contribution in [3.63, 3.8) is 0 Å². The first-order chi connectivity index (χ1) is 24.8. The number of phenols is 1. The van der Waals surface area contributed by atoms with Gasteiger partial charge in [-0.2, -0.15) is 0 Å². The molecule has 0 saturated carbocycles. The van der Waals surface area contributed by atoms with E-state index < -0.39 is 117 Å². The second-order valence-electron chi connectivity index (χ2n) is 12.8. The summed E-state index contributed by atoms with van der Waals surface area (Å²) in [7, 11) is 0. The van der Waals surface area contributed by atoms with Gasteiger partial charge < -0.3 is 89.4 Å². The predicted molar refractivity (Wildman–Crippen MR) is 169 cm³/mol. The highest BCUT2D eigenvalue weighted by molar-refractivity contribution is 5.86. The SMILES string of the molecule is O=c1c(-c2ccc(O)cc2)coc2c([C@@H]3O[C@H](CO)[C@@H](O)[C@H](O)[C@H]3O)c(O[C@H]3O[C@H](CO[C@H]4O[C@H](CO)[C@@H](O)[C@H](O)[C@H]4O)[C@@H](O)[C@H](O)[C@H]3O)ccc12. The van der Waals surface area contributed by atoms with Gasteiger partial charge in [-0.1, -0.05) is 12.1 Å². The number of rotatable bonds is 9. The Hall–Kier alpha value is -3.35. The average molecular weight is 741 g/mol. The van der Waals surface area contributed by atoms with E-state index in [1.165, 1.54) is 36.4 Å². The van der Waals surface area contributed by atoms with E-state index in [4.69, 9.17) is 28.1 Å². The van der Waals surface area contributed by atoms with Gasteiger partial charge in [-0.05, 0) is 29.8 Å². The van der Waals surface area contributed by atoms with Crippen molar-refractivity contribution in [1.29, 1.82) is 0 Å². The number of fused-ring (bicyclic) bond motifs is 1. The van der Waals surface area contributed by atoms with Crippen LogP contribution < -0.4 is 10.2 Å². The van der Waals surface area contributed by atoms with Crippen molar-refractivity contribution in [2.75, 3.05) is 19.8 Å². The second kappa shape index (κ2) is 15.6. The fourth-order valence-electron chi connectivity index (χ4n) is 6.43. The Kier molecular flexibility index (Phi) is 11.5. The third kappa shape index (κ3) is 7.02. The zero-order valence-electron chi connectivity index (χ0n) is 27.0. The summed E-state index contributed by atoms with van der Waals surface area (Å²) in [5.74, 6) is -0.355. The lowest BCUT2D eigenvalue weighted by molar-refractivity contribution is -0.323. The molecule has 3 aliphatic heterocycles. The molecule has 0 unspecified atom stereocenters. The fraction of sp³-hybridized carbons (Fsp3) is 0.545. The molecular formula is C33H40O19. The Morgan fingerprint density at radius 2 is 1.17 bits per heavy atom. The molecule has 0 amide bonds. The summed E-state index contributed by atoms with van der Waals surface area (Å²) in [5, 5.41) is 124. The fourth-order valence-corrected chi connectivity index (χ4v) is 6.43. The van der Waals surface area contributed by atoms with Crippen LogP contribution in [0.3, 0.4) is 0 Å². The number of hydrogen-bond acceptors (Lipinski definition) is 19. The van der Waals surface area contributed by atoms with Gasteiger partial charge >= 0.3 is 0 Å². The molecule has 2 aromatic carbocycles. The largest absolute Gasteiger partial charge is 0.508 e. The molecule has 3 aliphatic rings. The maximum absolute atomic E-state index is 13.7. The highest BCUT2D eigenvalue weighted by Crippen LogP contribution is 2.42. The van der Waals surface area contributed by atoms with E-state index in [9.17, 15) is 66.1 Å². The van der Waals surface area contributed by atoms with Gasteiger partial charge in [0.05, 0.1) is 36.3 Å². The summed E-state index contributed by atoms with van der Waals surface area (Å²) in [4.78, 5) is 13.7. The van der Waals surface area contributed by atoms with Crippen LogP contribution in [-0.4, -0.2) is 167 Å². The van der Waals surface area contributed by atoms with Crippen molar-refractivity contribution >= 4 is 11.0 Å². The zero-order valence-corrected chi connectivity index (χ0v) is 27.0. The first-order valence-electron chi connectivity index (χ1n) is 16.2. The summed E-state index contributed by atoms with van der Waals surface area (Å²) >= 11 is 0. The highest BCUT2D eigenvalue weighted by atomic mass is 16.7. The quantitative estimate of drug-likeness (QED) is 0.0987. The van der Waals surface area contributed by atoms with E-state index in [2.05, 4.69) is 0 Å². The number of phenolic OH excluding ortho intramolecular Hbond substituents is 1. The van der Waals surface area contributed by atoms with Crippen molar-refractivity contribution in [3.8, 4) is 22.6 Å². The Balaban J connectivity index is 1.34. The summed E-state index contributed by atoms with van der Waals surface area (Å²) in [5.41, 5.74) is -0.614. The monoisotopic (exact) mass is 740 g/mol. The molecule has 3 saturated heterocycles. The molecular weight excluding hydrogens is 700 g/mol. The summed E-state index contributed by atoms with van der Waals surface area (Å²) < 4.78 is 34.1. The molecule has 3 aromatic rings. The van der Waals surface area contributed by atoms with E-state index in [1.54, 1.807) is 0 Å². The summed E-state index contributed by atoms with van der Waals surface area (Å²) in [6.07, 6.45) is -24.8. The van der Waals surface area contributed by atoms with Crippen molar-refractivity contribution in [1.82, 2.24) is 0 Å². The van der Waals surface area contributed by atoms with Crippen LogP contribution in [0.15, 0.2) is 51.9 Å². The van der Waals surface area contributed by atoms with Gasteiger partial charge in [0.25, 0.3) is 0 Å². The molecule has 3 fully saturated rings. The lowest BCUT2D eigenvalue weighted by Gasteiger charge is -2.43. The number of aliphatic hydroxyl groups excluding tert-OH is 11. The van der Waals surface area contributed by atoms with Gasteiger partial charge in [0.1, 0.15) is 103 Å². The summed E-state index contributed by atoms with van der Waals surface area (Å²) in [6, 6.07) is 8.15. The lowest BCUT2D eigenvalue weighted by Crippen LogP contribution is -2.62. The molecule has 52 heavy (non-hydrogen) atoms. The Morgan fingerprint density at radius 3 is 1.81 bits per heavy atom. The molecule has 4 heterocycles. The molecule has 15 atom stereocenters. The molecule has 19 nitrogen and oxygen atoms in total. The van der Waals surface area contributed by atoms with Crippen LogP contribution in [0.5, 0.6) is 11.5 Å². The lowest BCUT2D eigenvalue weighted by atomic mass is 9.89. The topological polar surface area (TPSA) is 319 Å². The van der Waals surface area contributed by atoms with Crippen LogP contribution in [-0.2, 0) is 18.9 Å². The third-order valence-electron chi connectivity index (χ3n) is 9.48. The molecule has 0 spiro atoms. The molecule has 0 bridgehead atoms. The van der Waals surface area contributed by atoms with Gasteiger partial charge in [0.15, 0.2) is 6.29 Å². The van der Waals surface area contributed by atoms with E-state index >= 15 is 0 Å². The van der Waals surface area contributed by atoms with Crippen molar-refractivity contribution in [3.05, 3.63) is 58.4 Å². The molecule has 286 valence electrons. The van der Waals surface area contributed by atoms with Crippen molar-refractivity contribution in [2.45, 2.75) is 91.9 Å². The molecule has 0 radical (unpaired) electrons. The van der Waals surface area contributed by atoms with Crippen LogP contribution in [0.25, 0.3) is 22.1 Å². The first-order valence-corrected chi connectivity index (χ1v) is 16.2. The number of benzene rings is 2. The standard InChI is InChI=1S/C33H40O19/c34-7-16-21(38)24(41)27(44)31(49-16)19-15(6-5-13-20(37)14(9-47-30(13)19)11-1-3-12(36)4-2-11)50-33-29(46)26(43)23(40)18(52-33)10-48-32-28(45)25(42)22(39)17(8-35)51-32/h1-6,9,16-18,21-29,31-36,38-46H,7-8,10H2/t16-,17-,18-,21-,22-,23-,24+,25+,26+,27-,28-,29-,31+,32+,33+/m1/s1. The van der Waals surface area contributed by atoms with Crippen LogP contribution in [0.1, 0.15) is 11.7 Å². The van der Waals surface area contributed by atoms with E-state index in [1.807, 2.05) is 0 Å². The van der Waals surface area contributed by atoms with Gasteiger partial charge in [-0.25, -0.2) is 0 Å². The number of aromatic hydroxyl groups is 1.